The Bertz CT molecular complexity index is 945. The number of esters is 2. The molecular weight excluding hydrogens is 496 g/mol. The monoisotopic (exact) mass is 548 g/mol. The van der Waals surface area contributed by atoms with E-state index in [2.05, 4.69) is 40.7 Å². The van der Waals surface area contributed by atoms with E-state index in [0.29, 0.717) is 24.2 Å². The second kappa shape index (κ2) is 11.4. The molecule has 0 bridgehead atoms. The maximum Gasteiger partial charge on any atom is 0.303 e. The molecule has 12 unspecified atom stereocenters. The second-order valence-electron chi connectivity index (χ2n) is 14.0. The number of ether oxygens (including phenoxy) is 3. The molecular formula is C32H52O7. The maximum absolute atomic E-state index is 12.3. The summed E-state index contributed by atoms with van der Waals surface area (Å²) in [6, 6.07) is 0. The summed E-state index contributed by atoms with van der Waals surface area (Å²) in [7, 11) is 1.79. The molecule has 0 saturated heterocycles. The fourth-order valence-corrected chi connectivity index (χ4v) is 9.50. The number of aliphatic hydroxyl groups is 2. The van der Waals surface area contributed by atoms with Crippen molar-refractivity contribution < 1.29 is 34.0 Å². The Morgan fingerprint density at radius 2 is 1.69 bits per heavy atom. The van der Waals surface area contributed by atoms with Gasteiger partial charge in [-0.3, -0.25) is 9.59 Å². The molecule has 39 heavy (non-hydrogen) atoms. The first-order chi connectivity index (χ1) is 18.2. The molecule has 7 nitrogen and oxygen atoms in total. The maximum atomic E-state index is 12.3. The fraction of sp³-hybridized carbons (Fsp3) is 0.875. The standard InChI is InChI=1S/C32H52O7/c1-17(2)9-12-24(35)18(3)22-10-11-23-21-15-26(38-19(4)33)29-30(39-20(5)34)25(36)13-14-31(29,6)28(21)27(37-8)16-32(22,23)7/h15,17-18,22-30,35-36H,9-14,16H2,1-8H3. The van der Waals surface area contributed by atoms with Crippen molar-refractivity contribution in [1.82, 2.24) is 0 Å². The van der Waals surface area contributed by atoms with Crippen LogP contribution in [0.2, 0.25) is 0 Å². The molecule has 0 radical (unpaired) electrons. The van der Waals surface area contributed by atoms with Gasteiger partial charge < -0.3 is 24.4 Å². The van der Waals surface area contributed by atoms with Crippen molar-refractivity contribution in [1.29, 1.82) is 0 Å². The summed E-state index contributed by atoms with van der Waals surface area (Å²) in [5, 5.41) is 22.1. The number of hydrogen-bond donors (Lipinski definition) is 2. The molecule has 4 aliphatic carbocycles. The number of methoxy groups -OCH3 is 1. The van der Waals surface area contributed by atoms with Crippen LogP contribution in [-0.2, 0) is 23.8 Å². The van der Waals surface area contributed by atoms with Crippen LogP contribution in [0.1, 0.15) is 93.4 Å². The highest BCUT2D eigenvalue weighted by atomic mass is 16.6. The van der Waals surface area contributed by atoms with Crippen LogP contribution >= 0.6 is 0 Å². The molecule has 4 rings (SSSR count). The summed E-state index contributed by atoms with van der Waals surface area (Å²) in [4.78, 5) is 24.4. The van der Waals surface area contributed by atoms with E-state index in [0.717, 1.165) is 38.5 Å². The molecule has 0 aromatic rings. The van der Waals surface area contributed by atoms with E-state index in [9.17, 15) is 19.8 Å². The minimum absolute atomic E-state index is 0.0470. The third-order valence-electron chi connectivity index (χ3n) is 11.3. The van der Waals surface area contributed by atoms with E-state index < -0.39 is 24.3 Å². The number of hydrogen-bond acceptors (Lipinski definition) is 7. The zero-order valence-corrected chi connectivity index (χ0v) is 25.3. The summed E-state index contributed by atoms with van der Waals surface area (Å²) in [5.41, 5.74) is 0.866. The SMILES string of the molecule is COC1CC2(C)C(CCC2C(C)C(O)CCC(C)C)C2=CC(OC(C)=O)C3C(OC(C)=O)C(O)CCC3(C)C21. The van der Waals surface area contributed by atoms with Gasteiger partial charge in [-0.25, -0.2) is 0 Å². The third kappa shape index (κ3) is 5.44. The summed E-state index contributed by atoms with van der Waals surface area (Å²) >= 11 is 0. The van der Waals surface area contributed by atoms with Crippen LogP contribution in [0.4, 0.5) is 0 Å². The van der Waals surface area contributed by atoms with Crippen LogP contribution < -0.4 is 0 Å². The Balaban J connectivity index is 1.75. The lowest BCUT2D eigenvalue weighted by Gasteiger charge is -2.62. The number of fused-ring (bicyclic) bond motifs is 5. The molecule has 2 N–H and O–H groups in total. The lowest BCUT2D eigenvalue weighted by molar-refractivity contribution is -0.204. The lowest BCUT2D eigenvalue weighted by Crippen LogP contribution is -2.63. The van der Waals surface area contributed by atoms with Gasteiger partial charge in [-0.15, -0.1) is 0 Å². The summed E-state index contributed by atoms with van der Waals surface area (Å²) in [6.07, 6.45) is 5.66. The van der Waals surface area contributed by atoms with Gasteiger partial charge in [0.25, 0.3) is 0 Å². The van der Waals surface area contributed by atoms with Crippen LogP contribution in [0.5, 0.6) is 0 Å². The van der Waals surface area contributed by atoms with Gasteiger partial charge in [0.15, 0.2) is 0 Å². The Morgan fingerprint density at radius 1 is 1.03 bits per heavy atom. The topological polar surface area (TPSA) is 102 Å². The molecule has 0 aliphatic heterocycles. The normalized spacial score (nSPS) is 43.0. The van der Waals surface area contributed by atoms with Gasteiger partial charge >= 0.3 is 11.9 Å². The highest BCUT2D eigenvalue weighted by Gasteiger charge is 2.65. The van der Waals surface area contributed by atoms with Gasteiger partial charge in [0.2, 0.25) is 0 Å². The Kier molecular flexibility index (Phi) is 8.95. The lowest BCUT2D eigenvalue weighted by atomic mass is 9.45. The van der Waals surface area contributed by atoms with Crippen molar-refractivity contribution in [2.24, 2.45) is 46.3 Å². The van der Waals surface area contributed by atoms with Gasteiger partial charge in [-0.05, 0) is 85.5 Å². The first-order valence-corrected chi connectivity index (χ1v) is 15.2. The van der Waals surface area contributed by atoms with Crippen molar-refractivity contribution in [2.75, 3.05) is 7.11 Å². The van der Waals surface area contributed by atoms with Crippen LogP contribution in [0.25, 0.3) is 0 Å². The van der Waals surface area contributed by atoms with Crippen LogP contribution in [-0.4, -0.2) is 59.8 Å². The molecule has 12 atom stereocenters. The highest BCUT2D eigenvalue weighted by Crippen LogP contribution is 2.67. The van der Waals surface area contributed by atoms with E-state index in [1.165, 1.54) is 19.4 Å². The van der Waals surface area contributed by atoms with Crippen molar-refractivity contribution in [3.63, 3.8) is 0 Å². The van der Waals surface area contributed by atoms with Gasteiger partial charge in [-0.2, -0.15) is 0 Å². The summed E-state index contributed by atoms with van der Waals surface area (Å²) in [6.45, 7) is 14.0. The van der Waals surface area contributed by atoms with Crippen molar-refractivity contribution in [3.8, 4) is 0 Å². The third-order valence-corrected chi connectivity index (χ3v) is 11.3. The average Bonchev–Trinajstić information content (AvgIpc) is 3.19. The van der Waals surface area contributed by atoms with Crippen molar-refractivity contribution in [3.05, 3.63) is 11.6 Å². The van der Waals surface area contributed by atoms with Gasteiger partial charge in [0.1, 0.15) is 12.2 Å². The summed E-state index contributed by atoms with van der Waals surface area (Å²) < 4.78 is 18.0. The van der Waals surface area contributed by atoms with Gasteiger partial charge in [0, 0.05) is 32.8 Å². The van der Waals surface area contributed by atoms with E-state index >= 15 is 0 Å². The second-order valence-corrected chi connectivity index (χ2v) is 14.0. The van der Waals surface area contributed by atoms with Crippen LogP contribution in [0.15, 0.2) is 11.6 Å². The zero-order chi connectivity index (χ0) is 28.9. The average molecular weight is 549 g/mol. The number of rotatable bonds is 8. The van der Waals surface area contributed by atoms with E-state index in [1.54, 1.807) is 7.11 Å². The highest BCUT2D eigenvalue weighted by molar-refractivity contribution is 5.67. The smallest absolute Gasteiger partial charge is 0.303 e. The van der Waals surface area contributed by atoms with E-state index in [-0.39, 0.29) is 46.8 Å². The Morgan fingerprint density at radius 3 is 2.28 bits per heavy atom. The van der Waals surface area contributed by atoms with E-state index in [4.69, 9.17) is 14.2 Å². The van der Waals surface area contributed by atoms with Crippen LogP contribution in [0.3, 0.4) is 0 Å². The zero-order valence-electron chi connectivity index (χ0n) is 25.3. The fourth-order valence-electron chi connectivity index (χ4n) is 9.50. The Labute approximate surface area is 235 Å². The quantitative estimate of drug-likeness (QED) is 0.323. The van der Waals surface area contributed by atoms with Crippen molar-refractivity contribution in [2.45, 2.75) is 124 Å². The first kappa shape index (κ1) is 30.5. The molecule has 0 aromatic heterocycles. The molecule has 0 aromatic carbocycles. The number of carbonyl (C=O) groups excluding carboxylic acids is 2. The molecule has 3 fully saturated rings. The Hall–Kier alpha value is -1.44. The minimum atomic E-state index is -0.807. The molecule has 0 spiro atoms. The molecule has 4 aliphatic rings. The van der Waals surface area contributed by atoms with Gasteiger partial charge in [0.05, 0.1) is 18.3 Å². The number of aliphatic hydroxyl groups excluding tert-OH is 2. The predicted octanol–water partition coefficient (Wildman–Crippen LogP) is 5.07. The van der Waals surface area contributed by atoms with Crippen LogP contribution in [0, 0.1) is 46.3 Å². The van der Waals surface area contributed by atoms with E-state index in [1.807, 2.05) is 0 Å². The molecule has 3 saturated carbocycles. The molecule has 222 valence electrons. The molecule has 0 amide bonds. The summed E-state index contributed by atoms with van der Waals surface area (Å²) in [5.74, 6) is 0.299. The largest absolute Gasteiger partial charge is 0.459 e. The molecule has 0 heterocycles. The molecule has 7 heteroatoms. The minimum Gasteiger partial charge on any atom is -0.459 e. The first-order valence-electron chi connectivity index (χ1n) is 15.2. The van der Waals surface area contributed by atoms with Gasteiger partial charge in [-0.1, -0.05) is 40.2 Å². The van der Waals surface area contributed by atoms with Crippen molar-refractivity contribution >= 4 is 11.9 Å². The predicted molar refractivity (Wildman–Crippen MR) is 148 cm³/mol. The number of carbonyl (C=O) groups is 2.